The quantitative estimate of drug-likeness (QED) is 0.825. The lowest BCUT2D eigenvalue weighted by molar-refractivity contribution is -0.139. The minimum Gasteiger partial charge on any atom is -0.481 e. The highest BCUT2D eigenvalue weighted by molar-refractivity contribution is 7.99. The van der Waals surface area contributed by atoms with Gasteiger partial charge < -0.3 is 5.11 Å². The van der Waals surface area contributed by atoms with E-state index in [1.807, 2.05) is 11.8 Å². The second-order valence-electron chi connectivity index (χ2n) is 4.86. The number of likely N-dealkylation sites (tertiary alicyclic amines) is 1. The summed E-state index contributed by atoms with van der Waals surface area (Å²) in [6.07, 6.45) is 6.43. The molecule has 0 aromatic carbocycles. The third kappa shape index (κ3) is 3.14. The van der Waals surface area contributed by atoms with E-state index in [1.54, 1.807) is 0 Å². The molecule has 0 amide bonds. The van der Waals surface area contributed by atoms with Crippen LogP contribution in [0, 0.1) is 0 Å². The Labute approximate surface area is 102 Å². The van der Waals surface area contributed by atoms with Crippen LogP contribution in [0.25, 0.3) is 0 Å². The van der Waals surface area contributed by atoms with Crippen molar-refractivity contribution in [2.75, 3.05) is 18.1 Å². The number of carboxylic acids is 1. The normalized spacial score (nSPS) is 32.5. The molecular weight excluding hydrogens is 222 g/mol. The van der Waals surface area contributed by atoms with Gasteiger partial charge in [-0.3, -0.25) is 9.69 Å². The second kappa shape index (κ2) is 5.92. The molecule has 0 aromatic heterocycles. The van der Waals surface area contributed by atoms with Crippen LogP contribution in [0.1, 0.15) is 38.5 Å². The van der Waals surface area contributed by atoms with Crippen molar-refractivity contribution in [2.24, 2.45) is 0 Å². The van der Waals surface area contributed by atoms with Crippen LogP contribution in [-0.4, -0.2) is 46.1 Å². The molecule has 0 bridgehead atoms. The second-order valence-corrected chi connectivity index (χ2v) is 6.01. The Hall–Kier alpha value is -0.220. The molecule has 0 spiro atoms. The number of hydrogen-bond acceptors (Lipinski definition) is 3. The topological polar surface area (TPSA) is 40.5 Å². The van der Waals surface area contributed by atoms with Gasteiger partial charge in [0.1, 0.15) is 0 Å². The maximum atomic E-state index is 10.9. The first-order valence-electron chi connectivity index (χ1n) is 6.32. The van der Waals surface area contributed by atoms with Gasteiger partial charge in [0.15, 0.2) is 0 Å². The van der Waals surface area contributed by atoms with E-state index in [0.717, 1.165) is 13.0 Å². The molecule has 0 aliphatic carbocycles. The van der Waals surface area contributed by atoms with Crippen LogP contribution in [0.5, 0.6) is 0 Å². The van der Waals surface area contributed by atoms with Gasteiger partial charge in [0.05, 0.1) is 6.42 Å². The van der Waals surface area contributed by atoms with E-state index in [4.69, 9.17) is 5.11 Å². The molecule has 4 heteroatoms. The maximum Gasteiger partial charge on any atom is 0.304 e. The molecule has 2 aliphatic heterocycles. The zero-order valence-electron chi connectivity index (χ0n) is 9.73. The van der Waals surface area contributed by atoms with Crippen molar-refractivity contribution in [1.82, 2.24) is 4.90 Å². The van der Waals surface area contributed by atoms with Crippen molar-refractivity contribution in [3.63, 3.8) is 0 Å². The average Bonchev–Trinajstić information content (AvgIpc) is 2.30. The van der Waals surface area contributed by atoms with Gasteiger partial charge in [0, 0.05) is 17.8 Å². The largest absolute Gasteiger partial charge is 0.481 e. The molecule has 2 unspecified atom stereocenters. The van der Waals surface area contributed by atoms with E-state index in [2.05, 4.69) is 4.90 Å². The number of piperidine rings is 1. The highest BCUT2D eigenvalue weighted by Crippen LogP contribution is 2.28. The van der Waals surface area contributed by atoms with E-state index in [9.17, 15) is 4.79 Å². The Balaban J connectivity index is 1.94. The Morgan fingerprint density at radius 1 is 1.31 bits per heavy atom. The van der Waals surface area contributed by atoms with Gasteiger partial charge in [-0.2, -0.15) is 11.8 Å². The summed E-state index contributed by atoms with van der Waals surface area (Å²) in [5.41, 5.74) is 0. The Morgan fingerprint density at radius 3 is 2.88 bits per heavy atom. The summed E-state index contributed by atoms with van der Waals surface area (Å²) in [5, 5.41) is 8.95. The zero-order chi connectivity index (χ0) is 11.4. The first kappa shape index (κ1) is 12.2. The summed E-state index contributed by atoms with van der Waals surface area (Å²) in [5.74, 6) is 1.85. The van der Waals surface area contributed by atoms with E-state index in [-0.39, 0.29) is 0 Å². The summed E-state index contributed by atoms with van der Waals surface area (Å²) < 4.78 is 0. The van der Waals surface area contributed by atoms with Crippen LogP contribution in [0.3, 0.4) is 0 Å². The molecule has 2 aliphatic rings. The lowest BCUT2D eigenvalue weighted by atomic mass is 9.96. The SMILES string of the molecule is O=C(O)CC1CCCCN1C1CCCSC1. The summed E-state index contributed by atoms with van der Waals surface area (Å²) in [7, 11) is 0. The van der Waals surface area contributed by atoms with Crippen molar-refractivity contribution in [3.05, 3.63) is 0 Å². The number of aliphatic carboxylic acids is 1. The fourth-order valence-corrected chi connectivity index (χ4v) is 4.08. The van der Waals surface area contributed by atoms with Crippen molar-refractivity contribution >= 4 is 17.7 Å². The predicted octanol–water partition coefficient (Wildman–Crippen LogP) is 2.21. The summed E-state index contributed by atoms with van der Waals surface area (Å²) in [6, 6.07) is 0.943. The Morgan fingerprint density at radius 2 is 2.19 bits per heavy atom. The Bertz CT molecular complexity index is 241. The summed E-state index contributed by atoms with van der Waals surface area (Å²) in [6.45, 7) is 1.11. The van der Waals surface area contributed by atoms with E-state index in [1.165, 1.54) is 37.2 Å². The van der Waals surface area contributed by atoms with Gasteiger partial charge in [-0.1, -0.05) is 6.42 Å². The molecule has 2 rings (SSSR count). The molecular formula is C12H21NO2S. The third-order valence-electron chi connectivity index (χ3n) is 3.69. The molecule has 2 atom stereocenters. The third-order valence-corrected chi connectivity index (χ3v) is 4.89. The van der Waals surface area contributed by atoms with Gasteiger partial charge in [-0.15, -0.1) is 0 Å². The average molecular weight is 243 g/mol. The van der Waals surface area contributed by atoms with E-state index in [0.29, 0.717) is 18.5 Å². The molecule has 3 nitrogen and oxygen atoms in total. The summed E-state index contributed by atoms with van der Waals surface area (Å²) >= 11 is 2.03. The molecule has 2 heterocycles. The smallest absolute Gasteiger partial charge is 0.304 e. The monoisotopic (exact) mass is 243 g/mol. The predicted molar refractivity (Wildman–Crippen MR) is 66.9 cm³/mol. The molecule has 16 heavy (non-hydrogen) atoms. The van der Waals surface area contributed by atoms with Crippen molar-refractivity contribution in [1.29, 1.82) is 0 Å². The first-order valence-corrected chi connectivity index (χ1v) is 7.48. The van der Waals surface area contributed by atoms with Gasteiger partial charge in [-0.25, -0.2) is 0 Å². The zero-order valence-corrected chi connectivity index (χ0v) is 10.5. The number of hydrogen-bond donors (Lipinski definition) is 1. The van der Waals surface area contributed by atoms with Crippen LogP contribution >= 0.6 is 11.8 Å². The van der Waals surface area contributed by atoms with Gasteiger partial charge in [-0.05, 0) is 38.0 Å². The number of rotatable bonds is 3. The lowest BCUT2D eigenvalue weighted by Gasteiger charge is -2.42. The van der Waals surface area contributed by atoms with Gasteiger partial charge in [0.2, 0.25) is 0 Å². The molecule has 92 valence electrons. The van der Waals surface area contributed by atoms with Crippen LogP contribution < -0.4 is 0 Å². The van der Waals surface area contributed by atoms with Gasteiger partial charge in [0.25, 0.3) is 0 Å². The highest BCUT2D eigenvalue weighted by atomic mass is 32.2. The van der Waals surface area contributed by atoms with Crippen molar-refractivity contribution in [3.8, 4) is 0 Å². The summed E-state index contributed by atoms with van der Waals surface area (Å²) in [4.78, 5) is 13.4. The molecule has 2 fully saturated rings. The minimum absolute atomic E-state index is 0.301. The fourth-order valence-electron chi connectivity index (χ4n) is 2.91. The molecule has 2 saturated heterocycles. The van der Waals surface area contributed by atoms with Crippen molar-refractivity contribution in [2.45, 2.75) is 50.6 Å². The highest BCUT2D eigenvalue weighted by Gasteiger charge is 2.30. The van der Waals surface area contributed by atoms with Crippen LogP contribution in [-0.2, 0) is 4.79 Å². The van der Waals surface area contributed by atoms with Gasteiger partial charge >= 0.3 is 5.97 Å². The van der Waals surface area contributed by atoms with Crippen molar-refractivity contribution < 1.29 is 9.90 Å². The van der Waals surface area contributed by atoms with Crippen LogP contribution in [0.15, 0.2) is 0 Å². The fraction of sp³-hybridized carbons (Fsp3) is 0.917. The molecule has 0 radical (unpaired) electrons. The standard InChI is InChI=1S/C12H21NO2S/c14-12(15)8-10-4-1-2-6-13(10)11-5-3-7-16-9-11/h10-11H,1-9H2,(H,14,15). The molecule has 0 saturated carbocycles. The van der Waals surface area contributed by atoms with E-state index < -0.39 is 5.97 Å². The van der Waals surface area contributed by atoms with Crippen LogP contribution in [0.2, 0.25) is 0 Å². The number of carboxylic acid groups (broad SMARTS) is 1. The molecule has 0 aromatic rings. The van der Waals surface area contributed by atoms with E-state index >= 15 is 0 Å². The Kier molecular flexibility index (Phi) is 4.53. The number of thioether (sulfide) groups is 1. The number of carbonyl (C=O) groups is 1. The minimum atomic E-state index is -0.639. The maximum absolute atomic E-state index is 10.9. The van der Waals surface area contributed by atoms with Crippen LogP contribution in [0.4, 0.5) is 0 Å². The first-order chi connectivity index (χ1) is 7.77. The number of nitrogens with zero attached hydrogens (tertiary/aromatic N) is 1. The lowest BCUT2D eigenvalue weighted by Crippen LogP contribution is -2.49. The molecule has 1 N–H and O–H groups in total.